The van der Waals surface area contributed by atoms with E-state index >= 15 is 0 Å². The highest BCUT2D eigenvalue weighted by Crippen LogP contribution is 2.47. The summed E-state index contributed by atoms with van der Waals surface area (Å²) >= 11 is 0. The van der Waals surface area contributed by atoms with Crippen molar-refractivity contribution in [1.82, 2.24) is 10.3 Å². The molecule has 1 saturated carbocycles. The summed E-state index contributed by atoms with van der Waals surface area (Å²) in [6, 6.07) is 10.8. The van der Waals surface area contributed by atoms with Crippen LogP contribution in [0.1, 0.15) is 42.4 Å². The van der Waals surface area contributed by atoms with Gasteiger partial charge in [-0.25, -0.2) is 0 Å². The number of aromatic nitrogens is 1. The number of aryl methyl sites for hydroxylation is 1. The summed E-state index contributed by atoms with van der Waals surface area (Å²) in [4.78, 5) is 16.8. The normalized spacial score (nSPS) is 25.5. The van der Waals surface area contributed by atoms with E-state index in [-0.39, 0.29) is 11.3 Å². The highest BCUT2D eigenvalue weighted by atomic mass is 16.2. The lowest BCUT2D eigenvalue weighted by Gasteiger charge is -2.36. The molecule has 4 heteroatoms. The van der Waals surface area contributed by atoms with Gasteiger partial charge in [-0.1, -0.05) is 24.3 Å². The van der Waals surface area contributed by atoms with E-state index in [0.717, 1.165) is 37.9 Å². The van der Waals surface area contributed by atoms with E-state index in [4.69, 9.17) is 0 Å². The molecule has 24 heavy (non-hydrogen) atoms. The standard InChI is InChI=1S/C20H23N3O/c1-14-10-15(12-21-11-14)13-22-16-6-8-20(9-7-16)17-4-2-3-5-18(17)23-19(20)24/h2-5,10-12,16,22H,6-9,13H2,1H3,(H,23,24). The topological polar surface area (TPSA) is 54.0 Å². The van der Waals surface area contributed by atoms with E-state index in [2.05, 4.69) is 34.7 Å². The number of anilines is 1. The lowest BCUT2D eigenvalue weighted by molar-refractivity contribution is -0.122. The zero-order valence-corrected chi connectivity index (χ0v) is 14.0. The van der Waals surface area contributed by atoms with Gasteiger partial charge in [-0.15, -0.1) is 0 Å². The molecular formula is C20H23N3O. The molecule has 2 N–H and O–H groups in total. The molecule has 1 aliphatic heterocycles. The first-order valence-electron chi connectivity index (χ1n) is 8.72. The van der Waals surface area contributed by atoms with Crippen molar-refractivity contribution >= 4 is 11.6 Å². The third-order valence-corrected chi connectivity index (χ3v) is 5.49. The number of fused-ring (bicyclic) bond motifs is 2. The highest BCUT2D eigenvalue weighted by molar-refractivity contribution is 6.06. The van der Waals surface area contributed by atoms with Crippen molar-refractivity contribution in [3.05, 3.63) is 59.4 Å². The zero-order chi connectivity index (χ0) is 16.6. The Morgan fingerprint density at radius 1 is 1.25 bits per heavy atom. The van der Waals surface area contributed by atoms with Crippen molar-refractivity contribution in [1.29, 1.82) is 0 Å². The van der Waals surface area contributed by atoms with Crippen molar-refractivity contribution in [2.24, 2.45) is 0 Å². The van der Waals surface area contributed by atoms with Gasteiger partial charge < -0.3 is 10.6 Å². The smallest absolute Gasteiger partial charge is 0.235 e. The molecule has 0 saturated heterocycles. The van der Waals surface area contributed by atoms with Crippen LogP contribution in [0, 0.1) is 6.92 Å². The third-order valence-electron chi connectivity index (χ3n) is 5.49. The minimum atomic E-state index is -0.306. The summed E-state index contributed by atoms with van der Waals surface area (Å²) < 4.78 is 0. The van der Waals surface area contributed by atoms with Crippen LogP contribution in [-0.2, 0) is 16.8 Å². The number of hydrogen-bond acceptors (Lipinski definition) is 3. The molecule has 0 radical (unpaired) electrons. The van der Waals surface area contributed by atoms with Crippen molar-refractivity contribution in [3.63, 3.8) is 0 Å². The Hall–Kier alpha value is -2.20. The van der Waals surface area contributed by atoms with Crippen molar-refractivity contribution in [2.45, 2.75) is 50.6 Å². The van der Waals surface area contributed by atoms with E-state index in [9.17, 15) is 4.79 Å². The monoisotopic (exact) mass is 321 g/mol. The molecule has 1 fully saturated rings. The lowest BCUT2D eigenvalue weighted by Crippen LogP contribution is -2.43. The number of hydrogen-bond donors (Lipinski definition) is 2. The van der Waals surface area contributed by atoms with Crippen molar-refractivity contribution in [3.8, 4) is 0 Å². The van der Waals surface area contributed by atoms with Gasteiger partial charge in [0.15, 0.2) is 0 Å². The first-order chi connectivity index (χ1) is 11.7. The fourth-order valence-electron chi connectivity index (χ4n) is 4.16. The number of nitrogens with one attached hydrogen (secondary N) is 2. The number of amides is 1. The molecule has 0 bridgehead atoms. The maximum atomic E-state index is 12.6. The second-order valence-corrected chi connectivity index (χ2v) is 7.11. The third kappa shape index (κ3) is 2.61. The predicted octanol–water partition coefficient (Wildman–Crippen LogP) is 3.31. The van der Waals surface area contributed by atoms with Crippen molar-refractivity contribution < 1.29 is 4.79 Å². The first-order valence-corrected chi connectivity index (χ1v) is 8.72. The molecule has 4 rings (SSSR count). The molecule has 2 heterocycles. The number of benzene rings is 1. The molecule has 2 aromatic rings. The number of rotatable bonds is 3. The number of carbonyl (C=O) groups excluding carboxylic acids is 1. The summed E-state index contributed by atoms with van der Waals surface area (Å²) in [6.45, 7) is 2.91. The van der Waals surface area contributed by atoms with Crippen molar-refractivity contribution in [2.75, 3.05) is 5.32 Å². The molecule has 2 aliphatic rings. The van der Waals surface area contributed by atoms with E-state index in [1.807, 2.05) is 30.6 Å². The quantitative estimate of drug-likeness (QED) is 0.912. The Kier molecular flexibility index (Phi) is 3.85. The van der Waals surface area contributed by atoms with Crippen LogP contribution in [0.25, 0.3) is 0 Å². The van der Waals surface area contributed by atoms with Gasteiger partial charge in [0.25, 0.3) is 0 Å². The molecule has 0 atom stereocenters. The van der Waals surface area contributed by atoms with Gasteiger partial charge in [0, 0.05) is 30.7 Å². The number of para-hydroxylation sites is 1. The molecular weight excluding hydrogens is 298 g/mol. The minimum absolute atomic E-state index is 0.185. The van der Waals surface area contributed by atoms with Crippen LogP contribution in [0.4, 0.5) is 5.69 Å². The summed E-state index contributed by atoms with van der Waals surface area (Å²) in [5, 5.41) is 6.71. The van der Waals surface area contributed by atoms with Gasteiger partial charge in [-0.05, 0) is 55.4 Å². The second kappa shape index (κ2) is 6.02. The predicted molar refractivity (Wildman–Crippen MR) is 94.8 cm³/mol. The van der Waals surface area contributed by atoms with Crippen LogP contribution in [0.3, 0.4) is 0 Å². The Balaban J connectivity index is 1.41. The van der Waals surface area contributed by atoms with Gasteiger partial charge in [0.2, 0.25) is 5.91 Å². The van der Waals surface area contributed by atoms with Crippen LogP contribution < -0.4 is 10.6 Å². The molecule has 1 aliphatic carbocycles. The fraction of sp³-hybridized carbons (Fsp3) is 0.400. The summed E-state index contributed by atoms with van der Waals surface area (Å²) in [5.74, 6) is 0.185. The first kappa shape index (κ1) is 15.3. The average Bonchev–Trinajstić information content (AvgIpc) is 2.87. The van der Waals surface area contributed by atoms with Gasteiger partial charge in [0.1, 0.15) is 0 Å². The molecule has 1 amide bonds. The van der Waals surface area contributed by atoms with Crippen LogP contribution in [0.5, 0.6) is 0 Å². The SMILES string of the molecule is Cc1cncc(CNC2CCC3(CC2)C(=O)Nc2ccccc23)c1. The Morgan fingerprint density at radius 3 is 2.83 bits per heavy atom. The van der Waals surface area contributed by atoms with Crippen LogP contribution >= 0.6 is 0 Å². The molecule has 1 aromatic carbocycles. The minimum Gasteiger partial charge on any atom is -0.325 e. The highest BCUT2D eigenvalue weighted by Gasteiger charge is 2.48. The summed E-state index contributed by atoms with van der Waals surface area (Å²) in [6.07, 6.45) is 7.69. The summed E-state index contributed by atoms with van der Waals surface area (Å²) in [5.41, 5.74) is 4.30. The van der Waals surface area contributed by atoms with E-state index < -0.39 is 0 Å². The lowest BCUT2D eigenvalue weighted by atomic mass is 9.69. The van der Waals surface area contributed by atoms with E-state index in [0.29, 0.717) is 6.04 Å². The van der Waals surface area contributed by atoms with Crippen LogP contribution in [-0.4, -0.2) is 16.9 Å². The largest absolute Gasteiger partial charge is 0.325 e. The van der Waals surface area contributed by atoms with Crippen LogP contribution in [0.15, 0.2) is 42.7 Å². The van der Waals surface area contributed by atoms with Gasteiger partial charge in [-0.2, -0.15) is 0 Å². The second-order valence-electron chi connectivity index (χ2n) is 7.11. The number of nitrogens with zero attached hydrogens (tertiary/aromatic N) is 1. The maximum Gasteiger partial charge on any atom is 0.235 e. The molecule has 1 aromatic heterocycles. The number of pyridine rings is 1. The fourth-order valence-corrected chi connectivity index (χ4v) is 4.16. The zero-order valence-electron chi connectivity index (χ0n) is 14.0. The Labute approximate surface area is 142 Å². The van der Waals surface area contributed by atoms with Gasteiger partial charge in [-0.3, -0.25) is 9.78 Å². The molecule has 4 nitrogen and oxygen atoms in total. The maximum absolute atomic E-state index is 12.6. The Morgan fingerprint density at radius 2 is 2.04 bits per heavy atom. The number of carbonyl (C=O) groups is 1. The average molecular weight is 321 g/mol. The molecule has 124 valence electrons. The van der Waals surface area contributed by atoms with E-state index in [1.165, 1.54) is 16.7 Å². The summed E-state index contributed by atoms with van der Waals surface area (Å²) in [7, 11) is 0. The molecule has 0 unspecified atom stereocenters. The van der Waals surface area contributed by atoms with Gasteiger partial charge in [0.05, 0.1) is 5.41 Å². The van der Waals surface area contributed by atoms with Crippen LogP contribution in [0.2, 0.25) is 0 Å². The van der Waals surface area contributed by atoms with Gasteiger partial charge >= 0.3 is 0 Å². The van der Waals surface area contributed by atoms with E-state index in [1.54, 1.807) is 0 Å². The Bertz CT molecular complexity index is 763. The molecule has 1 spiro atoms.